The molecule has 0 aliphatic rings. The van der Waals surface area contributed by atoms with Gasteiger partial charge in [-0.1, -0.05) is 17.7 Å². The zero-order valence-electron chi connectivity index (χ0n) is 21.3. The Hall–Kier alpha value is -3.98. The first-order valence-corrected chi connectivity index (χ1v) is 12.4. The number of amides is 1. The molecule has 0 bridgehead atoms. The van der Waals surface area contributed by atoms with Crippen molar-refractivity contribution in [1.29, 1.82) is 0 Å². The molecule has 4 rings (SSSR count). The molecule has 0 unspecified atom stereocenters. The molecule has 0 saturated carbocycles. The Labute approximate surface area is 220 Å². The molecule has 2 heterocycles. The van der Waals surface area contributed by atoms with Crippen molar-refractivity contribution < 1.29 is 19.0 Å². The van der Waals surface area contributed by atoms with Crippen LogP contribution in [-0.2, 0) is 13.3 Å². The van der Waals surface area contributed by atoms with E-state index in [0.717, 1.165) is 17.0 Å². The van der Waals surface area contributed by atoms with E-state index in [9.17, 15) is 4.79 Å². The summed E-state index contributed by atoms with van der Waals surface area (Å²) in [6.45, 7) is 9.47. The van der Waals surface area contributed by atoms with E-state index in [-0.39, 0.29) is 5.91 Å². The van der Waals surface area contributed by atoms with Gasteiger partial charge in [0.1, 0.15) is 19.0 Å². The van der Waals surface area contributed by atoms with Gasteiger partial charge in [0, 0.05) is 11.9 Å². The largest absolute Gasteiger partial charge is 0.490 e. The third-order valence-corrected chi connectivity index (χ3v) is 6.12. The Morgan fingerprint density at radius 1 is 0.946 bits per heavy atom. The fourth-order valence-corrected chi connectivity index (χ4v) is 3.83. The van der Waals surface area contributed by atoms with Gasteiger partial charge in [0.2, 0.25) is 0 Å². The maximum absolute atomic E-state index is 12.7. The summed E-state index contributed by atoms with van der Waals surface area (Å²) in [5.74, 6) is 1.79. The van der Waals surface area contributed by atoms with Crippen LogP contribution >= 0.6 is 11.6 Å². The van der Waals surface area contributed by atoms with Crippen LogP contribution in [-0.4, -0.2) is 38.7 Å². The number of hydrogen-bond donors (Lipinski definition) is 1. The van der Waals surface area contributed by atoms with Crippen LogP contribution in [0.2, 0.25) is 5.02 Å². The molecule has 4 aromatic rings. The van der Waals surface area contributed by atoms with Crippen LogP contribution in [0, 0.1) is 13.8 Å². The maximum Gasteiger partial charge on any atom is 0.276 e. The standard InChI is InChI=1S/C27H30ClN5O4/c1-5-35-24-12-7-20(15-25(24)36-6-2)16-37-22-10-8-21(9-11-22)29-27(34)23-13-14-32(31-23)17-33-19(4)26(28)18(3)30-33/h7-15H,5-6,16-17H2,1-4H3,(H,29,34). The molecule has 0 atom stereocenters. The van der Waals surface area contributed by atoms with Gasteiger partial charge in [-0.05, 0) is 75.7 Å². The highest BCUT2D eigenvalue weighted by molar-refractivity contribution is 6.31. The fraction of sp³-hybridized carbons (Fsp3) is 0.296. The van der Waals surface area contributed by atoms with E-state index in [1.54, 1.807) is 45.9 Å². The average molecular weight is 524 g/mol. The lowest BCUT2D eigenvalue weighted by Gasteiger charge is -2.13. The molecule has 0 fully saturated rings. The number of halogens is 1. The number of anilines is 1. The first-order valence-electron chi connectivity index (χ1n) is 12.0. The smallest absolute Gasteiger partial charge is 0.276 e. The van der Waals surface area contributed by atoms with Crippen molar-refractivity contribution in [2.45, 2.75) is 41.0 Å². The summed E-state index contributed by atoms with van der Waals surface area (Å²) in [4.78, 5) is 12.7. The van der Waals surface area contributed by atoms with Crippen molar-refractivity contribution in [2.24, 2.45) is 0 Å². The number of aromatic nitrogens is 4. The van der Waals surface area contributed by atoms with E-state index in [2.05, 4.69) is 15.5 Å². The van der Waals surface area contributed by atoms with Crippen LogP contribution in [0.25, 0.3) is 0 Å². The number of nitrogens with zero attached hydrogens (tertiary/aromatic N) is 4. The van der Waals surface area contributed by atoms with Gasteiger partial charge in [0.25, 0.3) is 5.91 Å². The van der Waals surface area contributed by atoms with Crippen molar-refractivity contribution >= 4 is 23.2 Å². The highest BCUT2D eigenvalue weighted by Crippen LogP contribution is 2.29. The van der Waals surface area contributed by atoms with Gasteiger partial charge in [-0.15, -0.1) is 0 Å². The number of aryl methyl sites for hydroxylation is 1. The second-order valence-corrected chi connectivity index (χ2v) is 8.66. The summed E-state index contributed by atoms with van der Waals surface area (Å²) >= 11 is 6.21. The number of nitrogens with one attached hydrogen (secondary N) is 1. The van der Waals surface area contributed by atoms with E-state index < -0.39 is 0 Å². The molecule has 1 amide bonds. The number of ether oxygens (including phenoxy) is 3. The lowest BCUT2D eigenvalue weighted by atomic mass is 10.2. The van der Waals surface area contributed by atoms with Crippen molar-refractivity contribution in [2.75, 3.05) is 18.5 Å². The van der Waals surface area contributed by atoms with Gasteiger partial charge in [-0.3, -0.25) is 9.48 Å². The van der Waals surface area contributed by atoms with Crippen molar-refractivity contribution in [3.63, 3.8) is 0 Å². The lowest BCUT2D eigenvalue weighted by Crippen LogP contribution is -2.15. The van der Waals surface area contributed by atoms with E-state index in [0.29, 0.717) is 60.1 Å². The molecule has 0 radical (unpaired) electrons. The molecule has 9 nitrogen and oxygen atoms in total. The summed E-state index contributed by atoms with van der Waals surface area (Å²) in [6, 6.07) is 14.6. The zero-order chi connectivity index (χ0) is 26.4. The molecule has 2 aromatic carbocycles. The van der Waals surface area contributed by atoms with Crippen LogP contribution < -0.4 is 19.5 Å². The molecule has 10 heteroatoms. The Bertz CT molecular complexity index is 1360. The summed E-state index contributed by atoms with van der Waals surface area (Å²) in [5.41, 5.74) is 3.50. The summed E-state index contributed by atoms with van der Waals surface area (Å²) in [7, 11) is 0. The summed E-state index contributed by atoms with van der Waals surface area (Å²) in [6.07, 6.45) is 1.73. The minimum Gasteiger partial charge on any atom is -0.490 e. The van der Waals surface area contributed by atoms with E-state index >= 15 is 0 Å². The predicted octanol–water partition coefficient (Wildman–Crippen LogP) is 5.48. The normalized spacial score (nSPS) is 10.8. The second-order valence-electron chi connectivity index (χ2n) is 8.28. The molecular weight excluding hydrogens is 494 g/mol. The SMILES string of the molecule is CCOc1ccc(COc2ccc(NC(=O)c3ccn(Cn4nc(C)c(Cl)c4C)n3)cc2)cc1OCC. The Morgan fingerprint density at radius 2 is 1.68 bits per heavy atom. The van der Waals surface area contributed by atoms with E-state index in [4.69, 9.17) is 25.8 Å². The lowest BCUT2D eigenvalue weighted by molar-refractivity contribution is 0.102. The van der Waals surface area contributed by atoms with Crippen LogP contribution in [0.3, 0.4) is 0 Å². The molecule has 37 heavy (non-hydrogen) atoms. The first-order chi connectivity index (χ1) is 17.9. The van der Waals surface area contributed by atoms with Gasteiger partial charge < -0.3 is 19.5 Å². The van der Waals surface area contributed by atoms with Gasteiger partial charge >= 0.3 is 0 Å². The minimum atomic E-state index is -0.309. The highest BCUT2D eigenvalue weighted by Gasteiger charge is 2.13. The molecule has 2 aromatic heterocycles. The topological polar surface area (TPSA) is 92.4 Å². The Kier molecular flexibility index (Phi) is 8.35. The zero-order valence-corrected chi connectivity index (χ0v) is 22.1. The quantitative estimate of drug-likeness (QED) is 0.280. The molecular formula is C27H30ClN5O4. The van der Waals surface area contributed by atoms with E-state index in [1.807, 2.05) is 45.9 Å². The minimum absolute atomic E-state index is 0.300. The molecule has 0 spiro atoms. The first kappa shape index (κ1) is 26.1. The number of benzene rings is 2. The second kappa shape index (κ2) is 11.8. The van der Waals surface area contributed by atoms with Crippen LogP contribution in [0.15, 0.2) is 54.7 Å². The number of hydrogen-bond acceptors (Lipinski definition) is 6. The van der Waals surface area contributed by atoms with Crippen LogP contribution in [0.1, 0.15) is 41.3 Å². The number of carbonyl (C=O) groups excluding carboxylic acids is 1. The maximum atomic E-state index is 12.7. The third-order valence-electron chi connectivity index (χ3n) is 5.57. The van der Waals surface area contributed by atoms with Gasteiger partial charge in [0.15, 0.2) is 17.2 Å². The predicted molar refractivity (Wildman–Crippen MR) is 142 cm³/mol. The fourth-order valence-electron chi connectivity index (χ4n) is 3.69. The molecule has 0 saturated heterocycles. The van der Waals surface area contributed by atoms with Crippen molar-refractivity contribution in [1.82, 2.24) is 19.6 Å². The summed E-state index contributed by atoms with van der Waals surface area (Å²) < 4.78 is 20.6. The van der Waals surface area contributed by atoms with E-state index in [1.165, 1.54) is 0 Å². The summed E-state index contributed by atoms with van der Waals surface area (Å²) in [5, 5.41) is 12.2. The Morgan fingerprint density at radius 3 is 2.35 bits per heavy atom. The highest BCUT2D eigenvalue weighted by atomic mass is 35.5. The number of rotatable bonds is 11. The average Bonchev–Trinajstić information content (AvgIpc) is 3.46. The monoisotopic (exact) mass is 523 g/mol. The molecule has 0 aliphatic heterocycles. The van der Waals surface area contributed by atoms with Gasteiger partial charge in [0.05, 0.1) is 29.6 Å². The molecule has 1 N–H and O–H groups in total. The van der Waals surface area contributed by atoms with Gasteiger partial charge in [-0.2, -0.15) is 10.2 Å². The van der Waals surface area contributed by atoms with Crippen LogP contribution in [0.4, 0.5) is 5.69 Å². The third kappa shape index (κ3) is 6.42. The van der Waals surface area contributed by atoms with Gasteiger partial charge in [-0.25, -0.2) is 4.68 Å². The van der Waals surface area contributed by atoms with Crippen LogP contribution in [0.5, 0.6) is 17.2 Å². The van der Waals surface area contributed by atoms with Crippen molar-refractivity contribution in [3.05, 3.63) is 82.4 Å². The molecule has 0 aliphatic carbocycles. The molecule has 194 valence electrons. The number of carbonyl (C=O) groups is 1. The Balaban J connectivity index is 1.32. The van der Waals surface area contributed by atoms with Crippen molar-refractivity contribution in [3.8, 4) is 17.2 Å².